The van der Waals surface area contributed by atoms with Crippen LogP contribution in [-0.2, 0) is 0 Å². The first-order valence-electron chi connectivity index (χ1n) is 15.4. The zero-order valence-electron chi connectivity index (χ0n) is 25.1. The van der Waals surface area contributed by atoms with Crippen LogP contribution in [0.3, 0.4) is 0 Å². The molecule has 0 amide bonds. The van der Waals surface area contributed by atoms with Gasteiger partial charge in [-0.3, -0.25) is 9.97 Å². The summed E-state index contributed by atoms with van der Waals surface area (Å²) in [6.07, 6.45) is 7.17. The third-order valence-electron chi connectivity index (χ3n) is 8.90. The number of aromatic nitrogens is 3. The minimum absolute atomic E-state index is 0.648. The molecule has 0 unspecified atom stereocenters. The number of rotatable bonds is 4. The maximum atomic E-state index is 9.29. The van der Waals surface area contributed by atoms with Crippen molar-refractivity contribution in [2.24, 2.45) is 0 Å². The fourth-order valence-electron chi connectivity index (χ4n) is 6.59. The molecule has 4 heterocycles. The maximum absolute atomic E-state index is 9.29. The molecule has 0 saturated heterocycles. The highest BCUT2D eigenvalue weighted by atomic mass is 16.3. The Morgan fingerprint density at radius 2 is 1.04 bits per heavy atom. The molecule has 5 nitrogen and oxygen atoms in total. The van der Waals surface area contributed by atoms with Gasteiger partial charge in [-0.1, -0.05) is 54.6 Å². The summed E-state index contributed by atoms with van der Waals surface area (Å²) >= 11 is 0. The van der Waals surface area contributed by atoms with Gasteiger partial charge in [-0.05, 0) is 105 Å². The average molecular weight is 601 g/mol. The van der Waals surface area contributed by atoms with E-state index in [2.05, 4.69) is 76.7 Å². The van der Waals surface area contributed by atoms with Crippen molar-refractivity contribution < 1.29 is 4.42 Å². The number of furan rings is 1. The van der Waals surface area contributed by atoms with E-state index >= 15 is 0 Å². The highest BCUT2D eigenvalue weighted by molar-refractivity contribution is 6.30. The van der Waals surface area contributed by atoms with Gasteiger partial charge in [-0.25, -0.2) is 4.98 Å². The molecule has 0 spiro atoms. The summed E-state index contributed by atoms with van der Waals surface area (Å²) in [6, 6.07) is 43.7. The number of pyridine rings is 3. The zero-order chi connectivity index (χ0) is 31.3. The largest absolute Gasteiger partial charge is 0.455 e. The van der Waals surface area contributed by atoms with Gasteiger partial charge in [0.15, 0.2) is 0 Å². The molecular formula is C42H24N4O. The number of para-hydroxylation sites is 1. The van der Waals surface area contributed by atoms with Gasteiger partial charge >= 0.3 is 0 Å². The lowest BCUT2D eigenvalue weighted by Crippen LogP contribution is -1.92. The average Bonchev–Trinajstić information content (AvgIpc) is 3.55. The van der Waals surface area contributed by atoms with Crippen LogP contribution in [0.15, 0.2) is 151 Å². The number of hydrogen-bond acceptors (Lipinski definition) is 5. The van der Waals surface area contributed by atoms with Crippen LogP contribution >= 0.6 is 0 Å². The molecule has 0 N–H and O–H groups in total. The Morgan fingerprint density at radius 3 is 1.70 bits per heavy atom. The third kappa shape index (κ3) is 4.51. The summed E-state index contributed by atoms with van der Waals surface area (Å²) < 4.78 is 6.66. The fraction of sp³-hybridized carbons (Fsp3) is 0. The predicted molar refractivity (Wildman–Crippen MR) is 189 cm³/mol. The SMILES string of the molecule is N#Cc1ccc(-c2ccc3c4ccc(-c5cc(-c6ccncc6)nc(-c6ccncc6)c5)cc4c4oc5ccccc5c4c3c2)cc1. The molecule has 0 fully saturated rings. The van der Waals surface area contributed by atoms with Gasteiger partial charge in [0.1, 0.15) is 11.2 Å². The summed E-state index contributed by atoms with van der Waals surface area (Å²) in [5.41, 5.74) is 10.4. The lowest BCUT2D eigenvalue weighted by molar-refractivity contribution is 0.673. The second-order valence-corrected chi connectivity index (χ2v) is 11.6. The van der Waals surface area contributed by atoms with Crippen LogP contribution in [0.1, 0.15) is 5.56 Å². The van der Waals surface area contributed by atoms with Crippen LogP contribution in [0, 0.1) is 11.3 Å². The van der Waals surface area contributed by atoms with E-state index in [0.717, 1.165) is 88.3 Å². The van der Waals surface area contributed by atoms with Crippen LogP contribution in [0.5, 0.6) is 0 Å². The normalized spacial score (nSPS) is 11.4. The molecule has 5 aromatic carbocycles. The molecule has 0 aliphatic rings. The Bertz CT molecular complexity index is 2610. The Labute approximate surface area is 270 Å². The van der Waals surface area contributed by atoms with Crippen molar-refractivity contribution in [3.8, 4) is 50.8 Å². The molecule has 0 radical (unpaired) electrons. The van der Waals surface area contributed by atoms with Crippen molar-refractivity contribution in [2.45, 2.75) is 0 Å². The minimum atomic E-state index is 0.648. The van der Waals surface area contributed by atoms with Gasteiger partial charge in [-0.15, -0.1) is 0 Å². The topological polar surface area (TPSA) is 75.6 Å². The van der Waals surface area contributed by atoms with Crippen molar-refractivity contribution >= 4 is 43.5 Å². The van der Waals surface area contributed by atoms with E-state index in [4.69, 9.17) is 9.40 Å². The molecule has 9 aromatic rings. The first kappa shape index (κ1) is 26.7. The fourth-order valence-corrected chi connectivity index (χ4v) is 6.59. The van der Waals surface area contributed by atoms with E-state index < -0.39 is 0 Å². The first-order valence-corrected chi connectivity index (χ1v) is 15.4. The van der Waals surface area contributed by atoms with Gasteiger partial charge in [0.25, 0.3) is 0 Å². The van der Waals surface area contributed by atoms with Gasteiger partial charge in [0.05, 0.1) is 23.0 Å². The van der Waals surface area contributed by atoms with E-state index in [-0.39, 0.29) is 0 Å². The Balaban J connectivity index is 1.30. The van der Waals surface area contributed by atoms with Gasteiger partial charge < -0.3 is 4.42 Å². The molecule has 0 aliphatic heterocycles. The molecule has 218 valence electrons. The third-order valence-corrected chi connectivity index (χ3v) is 8.90. The zero-order valence-corrected chi connectivity index (χ0v) is 25.1. The predicted octanol–water partition coefficient (Wildman–Crippen LogP) is 10.6. The Morgan fingerprint density at radius 1 is 0.468 bits per heavy atom. The molecule has 5 heteroatoms. The molecule has 47 heavy (non-hydrogen) atoms. The Kier molecular flexibility index (Phi) is 6.12. The smallest absolute Gasteiger partial charge is 0.143 e. The van der Waals surface area contributed by atoms with Crippen molar-refractivity contribution in [3.63, 3.8) is 0 Å². The number of fused-ring (bicyclic) bond motifs is 8. The highest BCUT2D eigenvalue weighted by Crippen LogP contribution is 2.43. The minimum Gasteiger partial charge on any atom is -0.455 e. The lowest BCUT2D eigenvalue weighted by atomic mass is 9.91. The standard InChI is InChI=1S/C42H24N4O/c43-25-26-5-7-27(8-6-26)30-9-11-33-34-12-10-31(22-37(34)42-41(36(33)21-30)35-3-1-2-4-40(35)47-42)32-23-38(28-13-17-44-18-14-28)46-39(24-32)29-15-19-45-20-16-29/h1-24H. The van der Waals surface area contributed by atoms with E-state index in [1.807, 2.05) is 60.7 Å². The van der Waals surface area contributed by atoms with Crippen LogP contribution in [0.2, 0.25) is 0 Å². The van der Waals surface area contributed by atoms with Gasteiger partial charge in [-0.2, -0.15) is 5.26 Å². The molecular weight excluding hydrogens is 576 g/mol. The van der Waals surface area contributed by atoms with Crippen molar-refractivity contribution in [2.75, 3.05) is 0 Å². The van der Waals surface area contributed by atoms with Crippen LogP contribution in [0.25, 0.3) is 88.3 Å². The number of benzene rings is 5. The van der Waals surface area contributed by atoms with Gasteiger partial charge in [0, 0.05) is 52.1 Å². The highest BCUT2D eigenvalue weighted by Gasteiger charge is 2.18. The second-order valence-electron chi connectivity index (χ2n) is 11.6. The molecule has 0 aliphatic carbocycles. The van der Waals surface area contributed by atoms with Crippen molar-refractivity contribution in [1.82, 2.24) is 15.0 Å². The van der Waals surface area contributed by atoms with Crippen LogP contribution < -0.4 is 0 Å². The van der Waals surface area contributed by atoms with Crippen molar-refractivity contribution in [3.05, 3.63) is 152 Å². The quantitative estimate of drug-likeness (QED) is 0.188. The first-order chi connectivity index (χ1) is 23.2. The van der Waals surface area contributed by atoms with Crippen LogP contribution in [-0.4, -0.2) is 15.0 Å². The maximum Gasteiger partial charge on any atom is 0.143 e. The number of hydrogen-bond donors (Lipinski definition) is 0. The Hall–Kier alpha value is -6.64. The van der Waals surface area contributed by atoms with Gasteiger partial charge in [0.2, 0.25) is 0 Å². The van der Waals surface area contributed by atoms with E-state index in [9.17, 15) is 5.26 Å². The van der Waals surface area contributed by atoms with Crippen LogP contribution in [0.4, 0.5) is 0 Å². The molecule has 4 aromatic heterocycles. The number of nitriles is 1. The second kappa shape index (κ2) is 10.8. The molecule has 0 atom stereocenters. The summed E-state index contributed by atoms with van der Waals surface area (Å²) in [6.45, 7) is 0. The van der Waals surface area contributed by atoms with Crippen molar-refractivity contribution in [1.29, 1.82) is 5.26 Å². The summed E-state index contributed by atoms with van der Waals surface area (Å²) in [4.78, 5) is 13.5. The van der Waals surface area contributed by atoms with E-state index in [0.29, 0.717) is 5.56 Å². The lowest BCUT2D eigenvalue weighted by Gasteiger charge is -2.13. The van der Waals surface area contributed by atoms with E-state index in [1.165, 1.54) is 0 Å². The monoisotopic (exact) mass is 600 g/mol. The van der Waals surface area contributed by atoms with E-state index in [1.54, 1.807) is 24.8 Å². The molecule has 0 bridgehead atoms. The molecule has 0 saturated carbocycles. The summed E-state index contributed by atoms with van der Waals surface area (Å²) in [5, 5.41) is 15.9. The summed E-state index contributed by atoms with van der Waals surface area (Å²) in [5.74, 6) is 0. The number of nitrogens with zero attached hydrogens (tertiary/aromatic N) is 4. The summed E-state index contributed by atoms with van der Waals surface area (Å²) in [7, 11) is 0. The molecule has 9 rings (SSSR count).